The Kier molecular flexibility index (Phi) is 5.18. The van der Waals surface area contributed by atoms with Crippen molar-refractivity contribution in [3.63, 3.8) is 0 Å². The van der Waals surface area contributed by atoms with E-state index < -0.39 is 6.04 Å². The minimum atomic E-state index is -0.404. The van der Waals surface area contributed by atoms with Gasteiger partial charge in [-0.25, -0.2) is 0 Å². The van der Waals surface area contributed by atoms with E-state index in [-0.39, 0.29) is 24.6 Å². The van der Waals surface area contributed by atoms with Crippen molar-refractivity contribution in [1.82, 2.24) is 4.90 Å². The highest BCUT2D eigenvalue weighted by Gasteiger charge is 2.32. The van der Waals surface area contributed by atoms with Crippen LogP contribution in [0.15, 0.2) is 0 Å². The zero-order chi connectivity index (χ0) is 12.1. The van der Waals surface area contributed by atoms with Crippen LogP contribution in [0.2, 0.25) is 0 Å². The molecule has 1 rings (SSSR count). The normalized spacial score (nSPS) is 22.8. The van der Waals surface area contributed by atoms with Gasteiger partial charge in [0.2, 0.25) is 5.91 Å². The summed E-state index contributed by atoms with van der Waals surface area (Å²) in [6.07, 6.45) is 2.01. The molecule has 0 aromatic rings. The summed E-state index contributed by atoms with van der Waals surface area (Å²) < 4.78 is 5.18. The largest absolute Gasteiger partial charge is 0.364 e. The van der Waals surface area contributed by atoms with E-state index in [1.165, 1.54) is 0 Å². The Balaban J connectivity index is 2.53. The van der Waals surface area contributed by atoms with Crippen molar-refractivity contribution in [1.29, 1.82) is 0 Å². The van der Waals surface area contributed by atoms with Crippen molar-refractivity contribution < 1.29 is 9.53 Å². The van der Waals surface area contributed by atoms with Crippen LogP contribution in [-0.2, 0) is 9.53 Å². The van der Waals surface area contributed by atoms with Crippen LogP contribution >= 0.6 is 0 Å². The number of nitrogens with zero attached hydrogens (tertiary/aromatic N) is 1. The van der Waals surface area contributed by atoms with E-state index >= 15 is 0 Å². The summed E-state index contributed by atoms with van der Waals surface area (Å²) in [5, 5.41) is 0. The smallest absolute Gasteiger partial charge is 0.240 e. The van der Waals surface area contributed by atoms with Gasteiger partial charge in [-0.05, 0) is 18.8 Å². The van der Waals surface area contributed by atoms with E-state index in [1.807, 2.05) is 18.7 Å². The number of likely N-dealkylation sites (tertiary alicyclic amines) is 1. The summed E-state index contributed by atoms with van der Waals surface area (Å²) in [5.74, 6) is 0.210. The molecule has 16 heavy (non-hydrogen) atoms. The van der Waals surface area contributed by atoms with Gasteiger partial charge in [0.05, 0.1) is 25.4 Å². The Bertz CT molecular complexity index is 233. The third kappa shape index (κ3) is 3.17. The summed E-state index contributed by atoms with van der Waals surface area (Å²) in [6, 6.07) is -0.251. The number of amides is 1. The third-order valence-electron chi connectivity index (χ3n) is 3.09. The molecule has 0 radical (unpaired) electrons. The Morgan fingerprint density at radius 1 is 1.56 bits per heavy atom. The van der Waals surface area contributed by atoms with Gasteiger partial charge < -0.3 is 21.1 Å². The van der Waals surface area contributed by atoms with Crippen molar-refractivity contribution in [2.24, 2.45) is 17.4 Å². The second kappa shape index (κ2) is 6.18. The lowest BCUT2D eigenvalue weighted by Crippen LogP contribution is -2.49. The maximum Gasteiger partial charge on any atom is 0.240 e. The minimum Gasteiger partial charge on any atom is -0.364 e. The first-order chi connectivity index (χ1) is 7.57. The summed E-state index contributed by atoms with van der Waals surface area (Å²) in [5.41, 5.74) is 11.2. The quantitative estimate of drug-likeness (QED) is 0.645. The molecule has 2 atom stereocenters. The highest BCUT2D eigenvalue weighted by molar-refractivity contribution is 5.82. The number of hydrogen-bond donors (Lipinski definition) is 2. The molecule has 94 valence electrons. The average Bonchev–Trinajstić information content (AvgIpc) is 2.72. The van der Waals surface area contributed by atoms with Crippen molar-refractivity contribution in [2.45, 2.75) is 38.8 Å². The van der Waals surface area contributed by atoms with Crippen molar-refractivity contribution in [3.8, 4) is 0 Å². The molecule has 0 saturated carbocycles. The molecule has 0 aromatic carbocycles. The van der Waals surface area contributed by atoms with Crippen LogP contribution in [-0.4, -0.2) is 42.8 Å². The molecule has 1 aliphatic heterocycles. The highest BCUT2D eigenvalue weighted by atomic mass is 16.5. The number of rotatable bonds is 5. The zero-order valence-electron chi connectivity index (χ0n) is 10.2. The fraction of sp³-hybridized carbons (Fsp3) is 0.909. The molecular formula is C11H23N3O2. The SMILES string of the molecule is CC(C)[C@H](N)C(=O)N1CCC[C@H]1COCN. The fourth-order valence-electron chi connectivity index (χ4n) is 1.98. The number of carbonyl (C=O) groups excluding carboxylic acids is 1. The first-order valence-electron chi connectivity index (χ1n) is 5.91. The minimum absolute atomic E-state index is 0.0399. The van der Waals surface area contributed by atoms with Crippen molar-refractivity contribution in [3.05, 3.63) is 0 Å². The molecule has 0 bridgehead atoms. The molecule has 4 N–H and O–H groups in total. The molecule has 0 aliphatic carbocycles. The van der Waals surface area contributed by atoms with Gasteiger partial charge in [-0.1, -0.05) is 13.8 Å². The van der Waals surface area contributed by atoms with E-state index in [0.717, 1.165) is 19.4 Å². The average molecular weight is 229 g/mol. The third-order valence-corrected chi connectivity index (χ3v) is 3.09. The van der Waals surface area contributed by atoms with E-state index in [1.54, 1.807) is 0 Å². The molecule has 0 unspecified atom stereocenters. The molecule has 1 amide bonds. The van der Waals surface area contributed by atoms with Crippen LogP contribution in [0.4, 0.5) is 0 Å². The predicted octanol–water partition coefficient (Wildman–Crippen LogP) is -0.106. The summed E-state index contributed by atoms with van der Waals surface area (Å²) >= 11 is 0. The molecule has 0 spiro atoms. The highest BCUT2D eigenvalue weighted by Crippen LogP contribution is 2.19. The Morgan fingerprint density at radius 2 is 2.25 bits per heavy atom. The summed E-state index contributed by atoms with van der Waals surface area (Å²) in [6.45, 7) is 5.44. The van der Waals surface area contributed by atoms with Gasteiger partial charge >= 0.3 is 0 Å². The fourth-order valence-corrected chi connectivity index (χ4v) is 1.98. The molecule has 5 nitrogen and oxygen atoms in total. The summed E-state index contributed by atoms with van der Waals surface area (Å²) in [7, 11) is 0. The van der Waals surface area contributed by atoms with Crippen LogP contribution in [0.5, 0.6) is 0 Å². The number of ether oxygens (including phenoxy) is 1. The van der Waals surface area contributed by atoms with Gasteiger partial charge in [0.15, 0.2) is 0 Å². The Hall–Kier alpha value is -0.650. The second-order valence-electron chi connectivity index (χ2n) is 4.63. The van der Waals surface area contributed by atoms with Crippen molar-refractivity contribution >= 4 is 5.91 Å². The number of carbonyl (C=O) groups is 1. The van der Waals surface area contributed by atoms with E-state index in [4.69, 9.17) is 16.2 Å². The zero-order valence-corrected chi connectivity index (χ0v) is 10.2. The predicted molar refractivity (Wildman–Crippen MR) is 62.6 cm³/mol. The van der Waals surface area contributed by atoms with E-state index in [9.17, 15) is 4.79 Å². The Labute approximate surface area is 97.1 Å². The number of hydrogen-bond acceptors (Lipinski definition) is 4. The maximum absolute atomic E-state index is 12.1. The van der Waals surface area contributed by atoms with Crippen molar-refractivity contribution in [2.75, 3.05) is 19.9 Å². The van der Waals surface area contributed by atoms with Gasteiger partial charge in [0, 0.05) is 6.54 Å². The van der Waals surface area contributed by atoms with E-state index in [2.05, 4.69) is 0 Å². The molecular weight excluding hydrogens is 206 g/mol. The lowest BCUT2D eigenvalue weighted by atomic mass is 10.0. The standard InChI is InChI=1S/C11H23N3O2/c1-8(2)10(13)11(15)14-5-3-4-9(14)6-16-7-12/h8-10H,3-7,12-13H2,1-2H3/t9-,10-/m0/s1. The van der Waals surface area contributed by atoms with Crippen LogP contribution < -0.4 is 11.5 Å². The van der Waals surface area contributed by atoms with E-state index in [0.29, 0.717) is 6.61 Å². The van der Waals surface area contributed by atoms with Gasteiger partial charge in [-0.3, -0.25) is 4.79 Å². The topological polar surface area (TPSA) is 81.6 Å². The number of nitrogens with two attached hydrogens (primary N) is 2. The van der Waals surface area contributed by atoms with Gasteiger partial charge in [0.25, 0.3) is 0 Å². The first kappa shape index (κ1) is 13.4. The second-order valence-corrected chi connectivity index (χ2v) is 4.63. The van der Waals surface area contributed by atoms with Crippen LogP contribution in [0.1, 0.15) is 26.7 Å². The van der Waals surface area contributed by atoms with Gasteiger partial charge in [-0.15, -0.1) is 0 Å². The first-order valence-corrected chi connectivity index (χ1v) is 5.91. The molecule has 5 heteroatoms. The lowest BCUT2D eigenvalue weighted by molar-refractivity contribution is -0.135. The molecule has 1 saturated heterocycles. The molecule has 1 aliphatic rings. The monoisotopic (exact) mass is 229 g/mol. The van der Waals surface area contributed by atoms with Gasteiger partial charge in [0.1, 0.15) is 0 Å². The lowest BCUT2D eigenvalue weighted by Gasteiger charge is -2.28. The summed E-state index contributed by atoms with van der Waals surface area (Å²) in [4.78, 5) is 13.9. The Morgan fingerprint density at radius 3 is 2.81 bits per heavy atom. The molecule has 1 heterocycles. The van der Waals surface area contributed by atoms with Gasteiger partial charge in [-0.2, -0.15) is 0 Å². The maximum atomic E-state index is 12.1. The molecule has 0 aromatic heterocycles. The van der Waals surface area contributed by atoms with Crippen LogP contribution in [0.3, 0.4) is 0 Å². The van der Waals surface area contributed by atoms with Crippen LogP contribution in [0.25, 0.3) is 0 Å². The molecule has 1 fully saturated rings. The van der Waals surface area contributed by atoms with Crippen LogP contribution in [0, 0.1) is 5.92 Å².